The molecule has 1 unspecified atom stereocenters. The molecule has 5 rings (SSSR count). The summed E-state index contributed by atoms with van der Waals surface area (Å²) in [5.41, 5.74) is -0.509. The van der Waals surface area contributed by atoms with Crippen molar-refractivity contribution >= 4 is 17.5 Å². The third-order valence-corrected chi connectivity index (χ3v) is 5.66. The molecule has 2 aliphatic rings. The minimum atomic E-state index is -1.59. The SMILES string of the molecule is CC(=O)c1c(O)cc2c(c1C(C)=O)C1(OC(=O)c3ccccc31)c1ccc(O)cc1O2. The van der Waals surface area contributed by atoms with Crippen molar-refractivity contribution in [2.45, 2.75) is 19.4 Å². The second kappa shape index (κ2) is 6.18. The minimum Gasteiger partial charge on any atom is -0.508 e. The molecular formula is C24H16O7. The number of hydrogen-bond acceptors (Lipinski definition) is 7. The molecule has 0 saturated carbocycles. The number of ketones is 2. The van der Waals surface area contributed by atoms with Gasteiger partial charge in [-0.15, -0.1) is 0 Å². The van der Waals surface area contributed by atoms with Crippen LogP contribution in [-0.4, -0.2) is 27.7 Å². The number of phenolic OH excluding ortho intramolecular Hbond substituents is 2. The third kappa shape index (κ3) is 2.37. The fraction of sp³-hybridized carbons (Fsp3) is 0.125. The number of ether oxygens (including phenoxy) is 2. The van der Waals surface area contributed by atoms with E-state index < -0.39 is 28.9 Å². The smallest absolute Gasteiger partial charge is 0.340 e. The van der Waals surface area contributed by atoms with Crippen LogP contribution in [0.15, 0.2) is 48.5 Å². The van der Waals surface area contributed by atoms with Gasteiger partial charge < -0.3 is 19.7 Å². The van der Waals surface area contributed by atoms with Crippen LogP contribution in [0, 0.1) is 0 Å². The maximum Gasteiger partial charge on any atom is 0.340 e. The topological polar surface area (TPSA) is 110 Å². The van der Waals surface area contributed by atoms with Crippen LogP contribution in [0.4, 0.5) is 0 Å². The van der Waals surface area contributed by atoms with Crippen molar-refractivity contribution in [1.82, 2.24) is 0 Å². The van der Waals surface area contributed by atoms with E-state index in [2.05, 4.69) is 0 Å². The lowest BCUT2D eigenvalue weighted by atomic mass is 9.74. The zero-order valence-corrected chi connectivity index (χ0v) is 16.6. The van der Waals surface area contributed by atoms with E-state index in [1.807, 2.05) is 0 Å². The molecule has 0 amide bonds. The van der Waals surface area contributed by atoms with Gasteiger partial charge in [0.2, 0.25) is 0 Å². The first-order chi connectivity index (χ1) is 14.8. The van der Waals surface area contributed by atoms with Crippen molar-refractivity contribution < 1.29 is 34.1 Å². The molecule has 154 valence electrons. The predicted octanol–water partition coefficient (Wildman–Crippen LogP) is 4.07. The molecule has 2 aliphatic heterocycles. The molecule has 2 N–H and O–H groups in total. The van der Waals surface area contributed by atoms with Crippen LogP contribution in [0.3, 0.4) is 0 Å². The molecule has 0 saturated heterocycles. The molecular weight excluding hydrogens is 400 g/mol. The Kier molecular flexibility index (Phi) is 3.76. The molecule has 1 spiro atoms. The van der Waals surface area contributed by atoms with E-state index in [9.17, 15) is 24.6 Å². The van der Waals surface area contributed by atoms with Gasteiger partial charge in [-0.3, -0.25) is 9.59 Å². The highest BCUT2D eigenvalue weighted by Gasteiger charge is 2.55. The largest absolute Gasteiger partial charge is 0.508 e. The van der Waals surface area contributed by atoms with E-state index in [1.165, 1.54) is 32.0 Å². The lowest BCUT2D eigenvalue weighted by Crippen LogP contribution is -2.35. The van der Waals surface area contributed by atoms with Crippen molar-refractivity contribution in [3.05, 3.63) is 81.9 Å². The van der Waals surface area contributed by atoms with Gasteiger partial charge in [-0.1, -0.05) is 18.2 Å². The second-order valence-electron chi connectivity index (χ2n) is 7.53. The average molecular weight is 416 g/mol. The first-order valence-corrected chi connectivity index (χ1v) is 9.52. The Morgan fingerprint density at radius 3 is 2.29 bits per heavy atom. The Bertz CT molecular complexity index is 1340. The highest BCUT2D eigenvalue weighted by molar-refractivity contribution is 6.11. The molecule has 7 heteroatoms. The lowest BCUT2D eigenvalue weighted by molar-refractivity contribution is 0.0220. The van der Waals surface area contributed by atoms with E-state index in [4.69, 9.17) is 9.47 Å². The Hall–Kier alpha value is -4.13. The van der Waals surface area contributed by atoms with Gasteiger partial charge in [-0.2, -0.15) is 0 Å². The summed E-state index contributed by atoms with van der Waals surface area (Å²) in [6.07, 6.45) is 0. The molecule has 7 nitrogen and oxygen atoms in total. The number of Topliss-reactive ketones (excluding diaryl/α,β-unsaturated/α-hetero) is 2. The molecule has 0 radical (unpaired) electrons. The number of esters is 1. The number of rotatable bonds is 2. The zero-order valence-electron chi connectivity index (χ0n) is 16.6. The molecule has 2 heterocycles. The van der Waals surface area contributed by atoms with E-state index in [-0.39, 0.29) is 33.9 Å². The highest BCUT2D eigenvalue weighted by Crippen LogP contribution is 2.58. The maximum absolute atomic E-state index is 12.9. The van der Waals surface area contributed by atoms with Gasteiger partial charge in [0.1, 0.15) is 23.0 Å². The predicted molar refractivity (Wildman–Crippen MR) is 108 cm³/mol. The Morgan fingerprint density at radius 1 is 0.871 bits per heavy atom. The first-order valence-electron chi connectivity index (χ1n) is 9.52. The Labute approximate surface area is 176 Å². The molecule has 0 bridgehead atoms. The normalized spacial score (nSPS) is 17.9. The van der Waals surface area contributed by atoms with Crippen molar-refractivity contribution in [1.29, 1.82) is 0 Å². The van der Waals surface area contributed by atoms with Crippen LogP contribution in [0.2, 0.25) is 0 Å². The van der Waals surface area contributed by atoms with Gasteiger partial charge >= 0.3 is 5.97 Å². The van der Waals surface area contributed by atoms with Gasteiger partial charge in [0.05, 0.1) is 16.7 Å². The van der Waals surface area contributed by atoms with E-state index in [0.29, 0.717) is 16.7 Å². The molecule has 3 aromatic rings. The monoisotopic (exact) mass is 416 g/mol. The fourth-order valence-electron chi connectivity index (χ4n) is 4.53. The molecule has 0 fully saturated rings. The number of carbonyl (C=O) groups excluding carboxylic acids is 3. The van der Waals surface area contributed by atoms with Crippen LogP contribution in [-0.2, 0) is 10.3 Å². The number of carbonyl (C=O) groups is 3. The summed E-state index contributed by atoms with van der Waals surface area (Å²) in [5, 5.41) is 20.5. The van der Waals surface area contributed by atoms with E-state index in [0.717, 1.165) is 0 Å². The maximum atomic E-state index is 12.9. The van der Waals surface area contributed by atoms with Crippen molar-refractivity contribution in [3.63, 3.8) is 0 Å². The minimum absolute atomic E-state index is 0.0512. The standard InChI is InChI=1S/C24H16O7/c1-11(25)20-17(28)10-19-22(21(20)12(2)26)24(16-8-7-13(27)9-18(16)30-19)15-6-4-3-5-14(15)23(29)31-24/h3-10,27-28H,1-2H3. The quantitative estimate of drug-likeness (QED) is 0.479. The van der Waals surface area contributed by atoms with Crippen LogP contribution in [0.5, 0.6) is 23.0 Å². The Morgan fingerprint density at radius 2 is 1.58 bits per heavy atom. The molecule has 1 atom stereocenters. The summed E-state index contributed by atoms with van der Waals surface area (Å²) in [7, 11) is 0. The van der Waals surface area contributed by atoms with Crippen LogP contribution in [0.1, 0.15) is 61.6 Å². The van der Waals surface area contributed by atoms with Crippen LogP contribution < -0.4 is 4.74 Å². The number of phenols is 2. The molecule has 0 aromatic heterocycles. The van der Waals surface area contributed by atoms with Crippen LogP contribution in [0.25, 0.3) is 0 Å². The summed E-state index contributed by atoms with van der Waals surface area (Å²) >= 11 is 0. The summed E-state index contributed by atoms with van der Waals surface area (Å²) in [4.78, 5) is 38.1. The number of benzene rings is 3. The molecule has 3 aromatic carbocycles. The highest BCUT2D eigenvalue weighted by atomic mass is 16.6. The molecule has 0 aliphatic carbocycles. The number of aromatic hydroxyl groups is 2. The summed E-state index contributed by atoms with van der Waals surface area (Å²) in [5.74, 6) is -1.87. The number of fused-ring (bicyclic) bond motifs is 6. The second-order valence-corrected chi connectivity index (χ2v) is 7.53. The average Bonchev–Trinajstić information content (AvgIpc) is 3.00. The number of hydrogen-bond donors (Lipinski definition) is 2. The Balaban J connectivity index is 2.01. The summed E-state index contributed by atoms with van der Waals surface area (Å²) in [6.45, 7) is 2.51. The van der Waals surface area contributed by atoms with Gasteiger partial charge in [0.15, 0.2) is 17.2 Å². The van der Waals surface area contributed by atoms with E-state index >= 15 is 0 Å². The van der Waals surface area contributed by atoms with Crippen molar-refractivity contribution in [2.24, 2.45) is 0 Å². The van der Waals surface area contributed by atoms with Crippen molar-refractivity contribution in [3.8, 4) is 23.0 Å². The fourth-order valence-corrected chi connectivity index (χ4v) is 4.53. The van der Waals surface area contributed by atoms with Gasteiger partial charge in [0.25, 0.3) is 0 Å². The third-order valence-electron chi connectivity index (χ3n) is 5.66. The summed E-state index contributed by atoms with van der Waals surface area (Å²) < 4.78 is 11.9. The van der Waals surface area contributed by atoms with Crippen molar-refractivity contribution in [2.75, 3.05) is 0 Å². The van der Waals surface area contributed by atoms with Gasteiger partial charge in [-0.25, -0.2) is 4.79 Å². The van der Waals surface area contributed by atoms with Gasteiger partial charge in [0, 0.05) is 28.8 Å². The van der Waals surface area contributed by atoms with Crippen LogP contribution >= 0.6 is 0 Å². The van der Waals surface area contributed by atoms with E-state index in [1.54, 1.807) is 30.3 Å². The lowest BCUT2D eigenvalue weighted by Gasteiger charge is -2.38. The molecule has 31 heavy (non-hydrogen) atoms. The first kappa shape index (κ1) is 18.9. The van der Waals surface area contributed by atoms with Gasteiger partial charge in [-0.05, 0) is 32.0 Å². The summed E-state index contributed by atoms with van der Waals surface area (Å²) in [6, 6.07) is 12.3. The zero-order chi connectivity index (χ0) is 22.1.